The number of anilines is 1. The number of nitrogen functional groups attached to an aromatic ring is 1. The molecule has 2 rings (SSSR count). The summed E-state index contributed by atoms with van der Waals surface area (Å²) >= 11 is 1.06. The molecule has 23 heavy (non-hydrogen) atoms. The number of carboxylic acid groups (broad SMARTS) is 1. The number of nitro groups is 1. The highest BCUT2D eigenvalue weighted by Crippen LogP contribution is 2.20. The van der Waals surface area contributed by atoms with E-state index in [1.165, 1.54) is 24.3 Å². The maximum absolute atomic E-state index is 10.3. The Morgan fingerprint density at radius 3 is 2.04 bits per heavy atom. The molecule has 0 saturated heterocycles. The first-order valence-electron chi connectivity index (χ1n) is 6.14. The van der Waals surface area contributed by atoms with E-state index in [0.29, 0.717) is 5.69 Å². The molecule has 120 valence electrons. The van der Waals surface area contributed by atoms with Crippen molar-refractivity contribution in [3.05, 3.63) is 64.2 Å². The number of nitrogens with zero attached hydrogens (tertiary/aromatic N) is 1. The number of non-ortho nitro benzene ring substituents is 1. The van der Waals surface area contributed by atoms with Crippen LogP contribution in [0.5, 0.6) is 0 Å². The number of nitro benzene ring substituents is 1. The van der Waals surface area contributed by atoms with Crippen molar-refractivity contribution in [2.24, 2.45) is 5.73 Å². The predicted molar refractivity (Wildman–Crippen MR) is 88.7 cm³/mol. The van der Waals surface area contributed by atoms with E-state index in [0.717, 1.165) is 16.7 Å². The fourth-order valence-corrected chi connectivity index (χ4v) is 1.91. The summed E-state index contributed by atoms with van der Waals surface area (Å²) in [5, 5.41) is 25.6. The summed E-state index contributed by atoms with van der Waals surface area (Å²) in [4.78, 5) is 20.8. The summed E-state index contributed by atoms with van der Waals surface area (Å²) in [5.41, 5.74) is 11.3. The lowest BCUT2D eigenvalue weighted by Gasteiger charge is -1.97. The highest BCUT2D eigenvalue weighted by atomic mass is 32.2. The topological polar surface area (TPSA) is 156 Å². The molecule has 0 saturated carbocycles. The predicted octanol–water partition coefficient (Wildman–Crippen LogP) is 2.55. The second-order valence-electron chi connectivity index (χ2n) is 4.14. The van der Waals surface area contributed by atoms with Crippen LogP contribution in [0.25, 0.3) is 0 Å². The number of amidine groups is 1. The third-order valence-corrected chi connectivity index (χ3v) is 3.16. The molecule has 0 spiro atoms. The Bertz CT molecular complexity index is 702. The Morgan fingerprint density at radius 2 is 1.65 bits per heavy atom. The molecule has 6 N–H and O–H groups in total. The van der Waals surface area contributed by atoms with Crippen LogP contribution in [0.15, 0.2) is 53.4 Å². The van der Waals surface area contributed by atoms with Crippen molar-refractivity contribution >= 4 is 34.3 Å². The molecule has 0 atom stereocenters. The van der Waals surface area contributed by atoms with Gasteiger partial charge in [0.25, 0.3) is 5.69 Å². The number of nitrogens with two attached hydrogens (primary N) is 2. The first-order chi connectivity index (χ1) is 10.8. The molecule has 0 aromatic heterocycles. The minimum Gasteiger partial charge on any atom is -0.478 e. The van der Waals surface area contributed by atoms with Gasteiger partial charge in [-0.25, -0.2) is 4.79 Å². The van der Waals surface area contributed by atoms with Crippen LogP contribution in [-0.4, -0.2) is 21.2 Å². The number of carboxylic acids is 1. The maximum Gasteiger partial charge on any atom is 0.335 e. The first-order valence-corrected chi connectivity index (χ1v) is 6.96. The van der Waals surface area contributed by atoms with Gasteiger partial charge in [0.05, 0.1) is 10.5 Å². The van der Waals surface area contributed by atoms with Gasteiger partial charge in [-0.15, -0.1) is 0 Å². The van der Waals surface area contributed by atoms with Crippen molar-refractivity contribution in [2.75, 3.05) is 5.73 Å². The van der Waals surface area contributed by atoms with Gasteiger partial charge in [0.1, 0.15) is 0 Å². The normalized spacial score (nSPS) is 9.39. The highest BCUT2D eigenvalue weighted by molar-refractivity contribution is 8.13. The fourth-order valence-electron chi connectivity index (χ4n) is 1.39. The number of carbonyl (C=O) groups is 1. The minimum atomic E-state index is -0.931. The van der Waals surface area contributed by atoms with Gasteiger partial charge in [-0.05, 0) is 36.4 Å². The van der Waals surface area contributed by atoms with E-state index in [-0.39, 0.29) is 16.4 Å². The number of nitrogens with one attached hydrogen (secondary N) is 1. The van der Waals surface area contributed by atoms with E-state index < -0.39 is 10.9 Å². The van der Waals surface area contributed by atoms with Crippen LogP contribution in [-0.2, 0) is 0 Å². The summed E-state index contributed by atoms with van der Waals surface area (Å²) in [7, 11) is 0. The molecule has 0 radical (unpaired) electrons. The van der Waals surface area contributed by atoms with Crippen LogP contribution in [0, 0.1) is 15.5 Å². The average Bonchev–Trinajstić information content (AvgIpc) is 2.48. The van der Waals surface area contributed by atoms with Crippen LogP contribution in [0.4, 0.5) is 11.4 Å². The lowest BCUT2D eigenvalue weighted by molar-refractivity contribution is -0.384. The van der Waals surface area contributed by atoms with E-state index in [2.05, 4.69) is 0 Å². The lowest BCUT2D eigenvalue weighted by atomic mass is 10.2. The Balaban J connectivity index is 0.000000238. The third-order valence-electron chi connectivity index (χ3n) is 2.43. The summed E-state index contributed by atoms with van der Waals surface area (Å²) in [6.45, 7) is 0. The number of rotatable bonds is 3. The second kappa shape index (κ2) is 8.39. The molecule has 0 bridgehead atoms. The standard InChI is InChI=1S/C7H7N3O2S.C7H7NO2/c8-7(9)13-6-3-1-5(2-4-6)10(11)12;8-6-3-1-5(2-4-6)7(9)10/h1-4H,(H3,8,9);1-4H,8H2,(H,9,10). The van der Waals surface area contributed by atoms with E-state index in [1.54, 1.807) is 24.3 Å². The van der Waals surface area contributed by atoms with Crippen molar-refractivity contribution in [1.29, 1.82) is 5.41 Å². The van der Waals surface area contributed by atoms with Crippen molar-refractivity contribution in [2.45, 2.75) is 4.90 Å². The molecular weight excluding hydrogens is 320 g/mol. The third kappa shape index (κ3) is 6.48. The highest BCUT2D eigenvalue weighted by Gasteiger charge is 2.04. The van der Waals surface area contributed by atoms with E-state index in [1.807, 2.05) is 0 Å². The van der Waals surface area contributed by atoms with Gasteiger partial charge >= 0.3 is 5.97 Å². The number of aromatic carboxylic acids is 1. The van der Waals surface area contributed by atoms with E-state index in [4.69, 9.17) is 22.0 Å². The van der Waals surface area contributed by atoms with Crippen LogP contribution in [0.1, 0.15) is 10.4 Å². The molecule has 0 amide bonds. The zero-order valence-electron chi connectivity index (χ0n) is 11.8. The van der Waals surface area contributed by atoms with Gasteiger partial charge < -0.3 is 16.6 Å². The second-order valence-corrected chi connectivity index (χ2v) is 5.26. The largest absolute Gasteiger partial charge is 0.478 e. The molecule has 0 heterocycles. The molecule has 2 aromatic rings. The average molecular weight is 334 g/mol. The van der Waals surface area contributed by atoms with Gasteiger partial charge in [0.2, 0.25) is 0 Å². The zero-order chi connectivity index (χ0) is 17.4. The molecule has 2 aromatic carbocycles. The molecule has 0 aliphatic rings. The summed E-state index contributed by atoms with van der Waals surface area (Å²) in [6.07, 6.45) is 0. The summed E-state index contributed by atoms with van der Waals surface area (Å²) in [6, 6.07) is 11.9. The van der Waals surface area contributed by atoms with E-state index >= 15 is 0 Å². The van der Waals surface area contributed by atoms with Crippen molar-refractivity contribution in [3.63, 3.8) is 0 Å². The van der Waals surface area contributed by atoms with Crippen molar-refractivity contribution < 1.29 is 14.8 Å². The van der Waals surface area contributed by atoms with E-state index in [9.17, 15) is 14.9 Å². The summed E-state index contributed by atoms with van der Waals surface area (Å²) in [5.74, 6) is -0.931. The SMILES string of the molecule is N=C(N)Sc1ccc([N+](=O)[O-])cc1.Nc1ccc(C(=O)O)cc1. The quantitative estimate of drug-likeness (QED) is 0.168. The smallest absolute Gasteiger partial charge is 0.335 e. The molecular formula is C14H14N4O4S. The van der Waals surface area contributed by atoms with Gasteiger partial charge in [-0.2, -0.15) is 0 Å². The molecule has 0 aliphatic heterocycles. The molecule has 8 nitrogen and oxygen atoms in total. The fraction of sp³-hybridized carbons (Fsp3) is 0. The summed E-state index contributed by atoms with van der Waals surface area (Å²) < 4.78 is 0. The Labute approximate surface area is 135 Å². The molecule has 0 aliphatic carbocycles. The molecule has 0 unspecified atom stereocenters. The van der Waals surface area contributed by atoms with Gasteiger partial charge in [0.15, 0.2) is 5.17 Å². The Morgan fingerprint density at radius 1 is 1.13 bits per heavy atom. The number of hydrogen-bond acceptors (Lipinski definition) is 6. The zero-order valence-corrected chi connectivity index (χ0v) is 12.6. The van der Waals surface area contributed by atoms with Gasteiger partial charge in [-0.3, -0.25) is 15.5 Å². The van der Waals surface area contributed by atoms with Gasteiger partial charge in [-0.1, -0.05) is 11.8 Å². The maximum atomic E-state index is 10.3. The minimum absolute atomic E-state index is 0.0335. The number of thioether (sulfide) groups is 1. The van der Waals surface area contributed by atoms with Crippen LogP contribution < -0.4 is 11.5 Å². The Hall–Kier alpha value is -3.07. The van der Waals surface area contributed by atoms with Crippen molar-refractivity contribution in [1.82, 2.24) is 0 Å². The van der Waals surface area contributed by atoms with Crippen molar-refractivity contribution in [3.8, 4) is 0 Å². The lowest BCUT2D eigenvalue weighted by Crippen LogP contribution is -2.02. The molecule has 9 heteroatoms. The number of benzene rings is 2. The van der Waals surface area contributed by atoms with Crippen LogP contribution in [0.3, 0.4) is 0 Å². The van der Waals surface area contributed by atoms with Gasteiger partial charge in [0, 0.05) is 22.7 Å². The first kappa shape index (κ1) is 18.0. The number of hydrogen-bond donors (Lipinski definition) is 4. The van der Waals surface area contributed by atoms with Crippen LogP contribution >= 0.6 is 11.8 Å². The molecule has 0 fully saturated rings. The van der Waals surface area contributed by atoms with Crippen LogP contribution in [0.2, 0.25) is 0 Å². The Kier molecular flexibility index (Phi) is 6.56. The monoisotopic (exact) mass is 334 g/mol.